The molecule has 0 atom stereocenters. The molecule has 1 heterocycles. The molecule has 2 aliphatic carbocycles. The lowest BCUT2D eigenvalue weighted by molar-refractivity contribution is 0.0601. The summed E-state index contributed by atoms with van der Waals surface area (Å²) in [7, 11) is 3.60. The number of carbonyl (C=O) groups excluding carboxylic acids is 1. The number of ether oxygens (including phenoxy) is 1. The Bertz CT molecular complexity index is 733. The Morgan fingerprint density at radius 3 is 2.50 bits per heavy atom. The first kappa shape index (κ1) is 13.9. The average Bonchev–Trinajstić information content (AvgIpc) is 3.15. The summed E-state index contributed by atoms with van der Waals surface area (Å²) in [5, 5.41) is 1.35. The van der Waals surface area contributed by atoms with Gasteiger partial charge in [-0.2, -0.15) is 0 Å². The van der Waals surface area contributed by atoms with Gasteiger partial charge < -0.3 is 9.30 Å². The van der Waals surface area contributed by atoms with E-state index in [0.29, 0.717) is 11.5 Å². The zero-order valence-corrected chi connectivity index (χ0v) is 13.4. The first-order valence-corrected chi connectivity index (χ1v) is 8.41. The molecule has 0 bridgehead atoms. The molecular weight excluding hydrogens is 274 g/mol. The van der Waals surface area contributed by atoms with Crippen molar-refractivity contribution in [3.8, 4) is 0 Å². The molecular formula is C19H23NO2. The second kappa shape index (κ2) is 5.15. The van der Waals surface area contributed by atoms with E-state index in [0.717, 1.165) is 5.92 Å². The minimum Gasteiger partial charge on any atom is -0.465 e. The Kier molecular flexibility index (Phi) is 3.24. The van der Waals surface area contributed by atoms with Crippen LogP contribution >= 0.6 is 0 Å². The molecule has 3 heteroatoms. The summed E-state index contributed by atoms with van der Waals surface area (Å²) in [6.07, 6.45) is 7.97. The van der Waals surface area contributed by atoms with Gasteiger partial charge >= 0.3 is 5.97 Å². The lowest BCUT2D eigenvalue weighted by Crippen LogP contribution is -2.01. The van der Waals surface area contributed by atoms with Crippen molar-refractivity contribution in [3.05, 3.63) is 35.0 Å². The molecule has 0 saturated heterocycles. The Morgan fingerprint density at radius 2 is 1.86 bits per heavy atom. The van der Waals surface area contributed by atoms with Gasteiger partial charge in [-0.1, -0.05) is 18.9 Å². The number of carbonyl (C=O) groups is 1. The van der Waals surface area contributed by atoms with Crippen LogP contribution in [0.4, 0.5) is 0 Å². The second-order valence-electron chi connectivity index (χ2n) is 6.84. The number of hydrogen-bond donors (Lipinski definition) is 0. The van der Waals surface area contributed by atoms with Gasteiger partial charge in [-0.05, 0) is 55.2 Å². The van der Waals surface area contributed by atoms with Crippen LogP contribution in [-0.4, -0.2) is 17.6 Å². The SMILES string of the molecule is COC(=O)c1ccc2c(C3CCCC3)c(C3CC3)n(C)c2c1. The number of rotatable bonds is 3. The lowest BCUT2D eigenvalue weighted by atomic mass is 9.92. The number of aromatic nitrogens is 1. The zero-order valence-electron chi connectivity index (χ0n) is 13.4. The molecule has 116 valence electrons. The number of methoxy groups -OCH3 is 1. The molecule has 0 N–H and O–H groups in total. The van der Waals surface area contributed by atoms with Gasteiger partial charge in [-0.25, -0.2) is 4.79 Å². The Labute approximate surface area is 131 Å². The molecule has 4 rings (SSSR count). The van der Waals surface area contributed by atoms with Crippen LogP contribution in [-0.2, 0) is 11.8 Å². The predicted octanol–water partition coefficient (Wildman–Crippen LogP) is 4.50. The predicted molar refractivity (Wildman–Crippen MR) is 87.4 cm³/mol. The zero-order chi connectivity index (χ0) is 15.3. The molecule has 0 aliphatic heterocycles. The van der Waals surface area contributed by atoms with Crippen LogP contribution in [0.1, 0.15) is 72.0 Å². The van der Waals surface area contributed by atoms with E-state index in [-0.39, 0.29) is 5.97 Å². The summed E-state index contributed by atoms with van der Waals surface area (Å²) in [6, 6.07) is 6.07. The lowest BCUT2D eigenvalue weighted by Gasteiger charge is -2.12. The molecule has 22 heavy (non-hydrogen) atoms. The summed E-state index contributed by atoms with van der Waals surface area (Å²) in [4.78, 5) is 11.8. The largest absolute Gasteiger partial charge is 0.465 e. The van der Waals surface area contributed by atoms with Crippen molar-refractivity contribution >= 4 is 16.9 Å². The number of nitrogens with zero attached hydrogens (tertiary/aromatic N) is 1. The highest BCUT2D eigenvalue weighted by molar-refractivity contribution is 5.96. The van der Waals surface area contributed by atoms with E-state index in [2.05, 4.69) is 17.7 Å². The molecule has 0 spiro atoms. The number of aryl methyl sites for hydroxylation is 1. The van der Waals surface area contributed by atoms with Gasteiger partial charge in [0.2, 0.25) is 0 Å². The van der Waals surface area contributed by atoms with Crippen molar-refractivity contribution in [2.45, 2.75) is 50.4 Å². The van der Waals surface area contributed by atoms with Crippen molar-refractivity contribution in [2.75, 3.05) is 7.11 Å². The van der Waals surface area contributed by atoms with E-state index in [9.17, 15) is 4.79 Å². The van der Waals surface area contributed by atoms with E-state index < -0.39 is 0 Å². The van der Waals surface area contributed by atoms with E-state index in [4.69, 9.17) is 4.74 Å². The highest BCUT2D eigenvalue weighted by Crippen LogP contribution is 2.49. The fraction of sp³-hybridized carbons (Fsp3) is 0.526. The third kappa shape index (κ3) is 2.06. The van der Waals surface area contributed by atoms with Gasteiger partial charge in [-0.3, -0.25) is 0 Å². The summed E-state index contributed by atoms with van der Waals surface area (Å²) < 4.78 is 7.21. The maximum absolute atomic E-state index is 11.8. The highest BCUT2D eigenvalue weighted by Gasteiger charge is 2.34. The topological polar surface area (TPSA) is 31.2 Å². The third-order valence-corrected chi connectivity index (χ3v) is 5.44. The van der Waals surface area contributed by atoms with Crippen LogP contribution < -0.4 is 0 Å². The average molecular weight is 297 g/mol. The number of benzene rings is 1. The molecule has 0 amide bonds. The van der Waals surface area contributed by atoms with Gasteiger partial charge in [0.25, 0.3) is 0 Å². The Morgan fingerprint density at radius 1 is 1.14 bits per heavy atom. The fourth-order valence-corrected chi connectivity index (χ4v) is 4.22. The van der Waals surface area contributed by atoms with Crippen LogP contribution in [0, 0.1) is 0 Å². The van der Waals surface area contributed by atoms with Crippen LogP contribution in [0.2, 0.25) is 0 Å². The second-order valence-corrected chi connectivity index (χ2v) is 6.84. The standard InChI is InChI=1S/C19H23NO2/c1-20-16-11-14(19(21)22-2)9-10-15(16)17(12-5-3-4-6-12)18(20)13-7-8-13/h9-13H,3-8H2,1-2H3. The molecule has 3 nitrogen and oxygen atoms in total. The van der Waals surface area contributed by atoms with Crippen molar-refractivity contribution in [1.29, 1.82) is 0 Å². The summed E-state index contributed by atoms with van der Waals surface area (Å²) in [5.41, 5.74) is 4.94. The van der Waals surface area contributed by atoms with Crippen LogP contribution in [0.15, 0.2) is 18.2 Å². The molecule has 0 radical (unpaired) electrons. The molecule has 2 aromatic rings. The smallest absolute Gasteiger partial charge is 0.337 e. The van der Waals surface area contributed by atoms with Gasteiger partial charge in [0.05, 0.1) is 12.7 Å². The minimum atomic E-state index is -0.251. The van der Waals surface area contributed by atoms with Crippen LogP contribution in [0.3, 0.4) is 0 Å². The molecule has 2 fully saturated rings. The van der Waals surface area contributed by atoms with E-state index in [1.807, 2.05) is 12.1 Å². The summed E-state index contributed by atoms with van der Waals surface area (Å²) in [6.45, 7) is 0. The van der Waals surface area contributed by atoms with Crippen LogP contribution in [0.5, 0.6) is 0 Å². The van der Waals surface area contributed by atoms with Crippen molar-refractivity contribution in [3.63, 3.8) is 0 Å². The number of esters is 1. The maximum Gasteiger partial charge on any atom is 0.337 e. The van der Waals surface area contributed by atoms with Gasteiger partial charge in [-0.15, -0.1) is 0 Å². The highest BCUT2D eigenvalue weighted by atomic mass is 16.5. The minimum absolute atomic E-state index is 0.251. The Hall–Kier alpha value is -1.77. The van der Waals surface area contributed by atoms with E-state index >= 15 is 0 Å². The van der Waals surface area contributed by atoms with Gasteiger partial charge in [0.1, 0.15) is 0 Å². The van der Waals surface area contributed by atoms with Gasteiger partial charge in [0, 0.05) is 23.6 Å². The molecule has 2 saturated carbocycles. The quantitative estimate of drug-likeness (QED) is 0.781. The fourth-order valence-electron chi connectivity index (χ4n) is 4.22. The van der Waals surface area contributed by atoms with Crippen molar-refractivity contribution in [1.82, 2.24) is 4.57 Å². The number of fused-ring (bicyclic) bond motifs is 1. The molecule has 1 aromatic heterocycles. The van der Waals surface area contributed by atoms with E-state index in [1.54, 1.807) is 5.56 Å². The van der Waals surface area contributed by atoms with Crippen molar-refractivity contribution < 1.29 is 9.53 Å². The third-order valence-electron chi connectivity index (χ3n) is 5.44. The molecule has 0 unspecified atom stereocenters. The summed E-state index contributed by atoms with van der Waals surface area (Å²) >= 11 is 0. The monoisotopic (exact) mass is 297 g/mol. The van der Waals surface area contributed by atoms with Crippen LogP contribution in [0.25, 0.3) is 10.9 Å². The van der Waals surface area contributed by atoms with Crippen molar-refractivity contribution in [2.24, 2.45) is 7.05 Å². The maximum atomic E-state index is 11.8. The van der Waals surface area contributed by atoms with Gasteiger partial charge in [0.15, 0.2) is 0 Å². The molecule has 1 aromatic carbocycles. The number of hydrogen-bond acceptors (Lipinski definition) is 2. The summed E-state index contributed by atoms with van der Waals surface area (Å²) in [5.74, 6) is 1.19. The molecule has 2 aliphatic rings. The van der Waals surface area contributed by atoms with E-state index in [1.165, 1.54) is 62.2 Å². The first-order valence-electron chi connectivity index (χ1n) is 8.41. The normalized spacial score (nSPS) is 19.0. The first-order chi connectivity index (χ1) is 10.7. The Balaban J connectivity index is 1.92.